The number of nitrogens with two attached hydrogens (primary N) is 2. The quantitative estimate of drug-likeness (QED) is 0.480. The maximum absolute atomic E-state index is 12.8. The number of pyridine rings is 1. The first-order valence-electron chi connectivity index (χ1n) is 8.91. The Morgan fingerprint density at radius 3 is 2.45 bits per heavy atom. The predicted octanol–water partition coefficient (Wildman–Crippen LogP) is 3.30. The first-order chi connectivity index (χ1) is 13.9. The summed E-state index contributed by atoms with van der Waals surface area (Å²) >= 11 is 6.20. The SMILES string of the molecule is CCc1cc2cccc(Cl)c2c(=O)n1-c1ccccc1.NC(=O)c1cn[nH]c1N. The molecule has 0 fully saturated rings. The fourth-order valence-corrected chi connectivity index (χ4v) is 3.25. The summed E-state index contributed by atoms with van der Waals surface area (Å²) in [5.41, 5.74) is 12.1. The minimum absolute atomic E-state index is 0.0591. The topological polar surface area (TPSA) is 120 Å². The lowest BCUT2D eigenvalue weighted by atomic mass is 10.1. The van der Waals surface area contributed by atoms with Crippen LogP contribution in [-0.2, 0) is 6.42 Å². The van der Waals surface area contributed by atoms with Crippen molar-refractivity contribution in [3.63, 3.8) is 0 Å². The number of nitrogens with zero attached hydrogens (tertiary/aromatic N) is 2. The van der Waals surface area contributed by atoms with Gasteiger partial charge >= 0.3 is 0 Å². The number of aryl methyl sites for hydroxylation is 1. The Morgan fingerprint density at radius 1 is 1.17 bits per heavy atom. The third kappa shape index (κ3) is 4.14. The van der Waals surface area contributed by atoms with E-state index < -0.39 is 5.91 Å². The van der Waals surface area contributed by atoms with Crippen LogP contribution < -0.4 is 17.0 Å². The Bertz CT molecular complexity index is 1210. The highest BCUT2D eigenvalue weighted by Crippen LogP contribution is 2.22. The summed E-state index contributed by atoms with van der Waals surface area (Å²) in [5, 5.41) is 7.84. The number of hydrogen-bond acceptors (Lipinski definition) is 4. The van der Waals surface area contributed by atoms with E-state index in [-0.39, 0.29) is 16.9 Å². The number of anilines is 1. The molecule has 148 valence electrons. The Labute approximate surface area is 171 Å². The summed E-state index contributed by atoms with van der Waals surface area (Å²) in [5.74, 6) is -0.358. The van der Waals surface area contributed by atoms with Crippen LogP contribution in [0, 0.1) is 0 Å². The standard InChI is InChI=1S/C17H14ClNO.C4H6N4O/c1-2-13-11-12-7-6-10-15(18)16(12)17(20)19(13)14-8-4-3-5-9-14;5-3-2(4(6)9)1-7-8-3/h3-11H,2H2,1H3;1H,(H2,6,9)(H3,5,7,8). The molecule has 0 spiro atoms. The molecule has 0 atom stereocenters. The molecule has 0 saturated carbocycles. The zero-order valence-electron chi connectivity index (χ0n) is 15.7. The van der Waals surface area contributed by atoms with E-state index in [1.165, 1.54) is 6.20 Å². The van der Waals surface area contributed by atoms with E-state index in [0.29, 0.717) is 10.4 Å². The van der Waals surface area contributed by atoms with Crippen molar-refractivity contribution in [2.45, 2.75) is 13.3 Å². The van der Waals surface area contributed by atoms with Crippen LogP contribution in [0.25, 0.3) is 16.5 Å². The number of aromatic nitrogens is 3. The van der Waals surface area contributed by atoms with Crippen molar-refractivity contribution in [3.8, 4) is 5.69 Å². The van der Waals surface area contributed by atoms with Crippen molar-refractivity contribution >= 4 is 34.1 Å². The first kappa shape index (κ1) is 20.2. The van der Waals surface area contributed by atoms with Gasteiger partial charge in [-0.1, -0.05) is 48.9 Å². The number of fused-ring (bicyclic) bond motifs is 1. The number of nitrogen functional groups attached to an aromatic ring is 1. The predicted molar refractivity (Wildman–Crippen MR) is 115 cm³/mol. The summed E-state index contributed by atoms with van der Waals surface area (Å²) < 4.78 is 1.74. The lowest BCUT2D eigenvalue weighted by Gasteiger charge is -2.14. The van der Waals surface area contributed by atoms with Gasteiger partial charge in [0.1, 0.15) is 11.4 Å². The van der Waals surface area contributed by atoms with E-state index in [9.17, 15) is 9.59 Å². The number of halogens is 1. The number of nitrogens with one attached hydrogen (secondary N) is 1. The van der Waals surface area contributed by atoms with Gasteiger partial charge in [-0.05, 0) is 36.1 Å². The molecular formula is C21H20ClN5O2. The second-order valence-electron chi connectivity index (χ2n) is 6.23. The van der Waals surface area contributed by atoms with E-state index in [1.807, 2.05) is 55.5 Å². The summed E-state index contributed by atoms with van der Waals surface area (Å²) in [4.78, 5) is 23.2. The molecular weight excluding hydrogens is 390 g/mol. The van der Waals surface area contributed by atoms with Gasteiger partial charge in [0.15, 0.2) is 0 Å². The van der Waals surface area contributed by atoms with E-state index in [0.717, 1.165) is 23.2 Å². The van der Waals surface area contributed by atoms with Gasteiger partial charge in [-0.3, -0.25) is 19.3 Å². The van der Waals surface area contributed by atoms with E-state index in [4.69, 9.17) is 23.1 Å². The van der Waals surface area contributed by atoms with Gasteiger partial charge < -0.3 is 11.5 Å². The van der Waals surface area contributed by atoms with Gasteiger partial charge in [0.05, 0.1) is 16.6 Å². The summed E-state index contributed by atoms with van der Waals surface area (Å²) in [7, 11) is 0. The fourth-order valence-electron chi connectivity index (χ4n) is 2.99. The molecule has 2 heterocycles. The Balaban J connectivity index is 0.000000224. The Kier molecular flexibility index (Phi) is 5.99. The summed E-state index contributed by atoms with van der Waals surface area (Å²) in [6.45, 7) is 2.05. The minimum atomic E-state index is -0.568. The number of amides is 1. The molecule has 2 aromatic carbocycles. The van der Waals surface area contributed by atoms with Gasteiger partial charge in [-0.2, -0.15) is 5.10 Å². The van der Waals surface area contributed by atoms with Gasteiger partial charge in [0, 0.05) is 11.4 Å². The molecule has 0 aliphatic carbocycles. The van der Waals surface area contributed by atoms with Crippen molar-refractivity contribution < 1.29 is 4.79 Å². The van der Waals surface area contributed by atoms with Crippen molar-refractivity contribution in [2.75, 3.05) is 5.73 Å². The molecule has 4 rings (SSSR count). The number of aromatic amines is 1. The number of primary amides is 1. The van der Waals surface area contributed by atoms with E-state index >= 15 is 0 Å². The van der Waals surface area contributed by atoms with Gasteiger partial charge in [-0.25, -0.2) is 0 Å². The number of benzene rings is 2. The van der Waals surface area contributed by atoms with Crippen LogP contribution in [-0.4, -0.2) is 20.7 Å². The average Bonchev–Trinajstić information content (AvgIpc) is 3.15. The lowest BCUT2D eigenvalue weighted by Crippen LogP contribution is -2.22. The third-order valence-electron chi connectivity index (χ3n) is 4.38. The summed E-state index contributed by atoms with van der Waals surface area (Å²) in [6.07, 6.45) is 2.07. The molecule has 7 nitrogen and oxygen atoms in total. The van der Waals surface area contributed by atoms with Crippen LogP contribution in [0.4, 0.5) is 5.82 Å². The maximum Gasteiger partial charge on any atom is 0.264 e. The second kappa shape index (κ2) is 8.62. The minimum Gasteiger partial charge on any atom is -0.383 e. The molecule has 0 radical (unpaired) electrons. The van der Waals surface area contributed by atoms with Crippen LogP contribution in [0.15, 0.2) is 65.6 Å². The van der Waals surface area contributed by atoms with Crippen molar-refractivity contribution in [3.05, 3.63) is 87.4 Å². The number of para-hydroxylation sites is 1. The van der Waals surface area contributed by atoms with Crippen LogP contribution >= 0.6 is 11.6 Å². The van der Waals surface area contributed by atoms with Crippen molar-refractivity contribution in [1.29, 1.82) is 0 Å². The summed E-state index contributed by atoms with van der Waals surface area (Å²) in [6, 6.07) is 17.3. The van der Waals surface area contributed by atoms with Crippen molar-refractivity contribution in [2.24, 2.45) is 5.73 Å². The maximum atomic E-state index is 12.8. The van der Waals surface area contributed by atoms with Gasteiger partial charge in [0.2, 0.25) is 0 Å². The number of carbonyl (C=O) groups excluding carboxylic acids is 1. The van der Waals surface area contributed by atoms with Crippen LogP contribution in [0.3, 0.4) is 0 Å². The zero-order chi connectivity index (χ0) is 21.0. The molecule has 0 aliphatic heterocycles. The molecule has 5 N–H and O–H groups in total. The Morgan fingerprint density at radius 2 is 1.90 bits per heavy atom. The number of hydrogen-bond donors (Lipinski definition) is 3. The molecule has 1 amide bonds. The fraction of sp³-hybridized carbons (Fsp3) is 0.0952. The molecule has 2 aromatic heterocycles. The van der Waals surface area contributed by atoms with E-state index in [2.05, 4.69) is 10.2 Å². The van der Waals surface area contributed by atoms with Crippen LogP contribution in [0.1, 0.15) is 23.0 Å². The van der Waals surface area contributed by atoms with Gasteiger partial charge in [-0.15, -0.1) is 0 Å². The molecule has 8 heteroatoms. The molecule has 29 heavy (non-hydrogen) atoms. The smallest absolute Gasteiger partial charge is 0.264 e. The van der Waals surface area contributed by atoms with Gasteiger partial charge in [0.25, 0.3) is 11.5 Å². The van der Waals surface area contributed by atoms with Crippen LogP contribution in [0.5, 0.6) is 0 Å². The number of rotatable bonds is 3. The highest BCUT2D eigenvalue weighted by Gasteiger charge is 2.12. The number of carbonyl (C=O) groups is 1. The normalized spacial score (nSPS) is 10.4. The third-order valence-corrected chi connectivity index (χ3v) is 4.70. The zero-order valence-corrected chi connectivity index (χ0v) is 16.5. The first-order valence-corrected chi connectivity index (χ1v) is 9.29. The van der Waals surface area contributed by atoms with E-state index in [1.54, 1.807) is 10.6 Å². The second-order valence-corrected chi connectivity index (χ2v) is 6.64. The average molecular weight is 410 g/mol. The Hall–Kier alpha value is -3.58. The van der Waals surface area contributed by atoms with Crippen LogP contribution in [0.2, 0.25) is 5.02 Å². The highest BCUT2D eigenvalue weighted by atomic mass is 35.5. The highest BCUT2D eigenvalue weighted by molar-refractivity contribution is 6.35. The van der Waals surface area contributed by atoms with Crippen molar-refractivity contribution in [1.82, 2.24) is 14.8 Å². The largest absolute Gasteiger partial charge is 0.383 e. The molecule has 0 aliphatic rings. The number of H-pyrrole nitrogens is 1. The monoisotopic (exact) mass is 409 g/mol. The molecule has 0 bridgehead atoms. The molecule has 0 unspecified atom stereocenters. The lowest BCUT2D eigenvalue weighted by molar-refractivity contribution is 0.100. The molecule has 4 aromatic rings. The molecule has 0 saturated heterocycles.